The molecule has 1 atom stereocenters. The second-order valence-electron chi connectivity index (χ2n) is 6.12. The number of hydrogen-bond acceptors (Lipinski definition) is 2. The lowest BCUT2D eigenvalue weighted by Gasteiger charge is -2.23. The maximum Gasteiger partial charge on any atom is 0.227 e. The van der Waals surface area contributed by atoms with Crippen LogP contribution < -0.4 is 10.2 Å². The van der Waals surface area contributed by atoms with Crippen molar-refractivity contribution in [1.82, 2.24) is 5.32 Å². The maximum absolute atomic E-state index is 13.2. The van der Waals surface area contributed by atoms with Gasteiger partial charge in [0, 0.05) is 24.2 Å². The Morgan fingerprint density at radius 3 is 2.70 bits per heavy atom. The number of carbonyl (C=O) groups is 2. The summed E-state index contributed by atoms with van der Waals surface area (Å²) in [5.41, 5.74) is 0.174. The highest BCUT2D eigenvalue weighted by atomic mass is 19.1. The van der Waals surface area contributed by atoms with Gasteiger partial charge in [0.25, 0.3) is 0 Å². The molecule has 1 aromatic carbocycles. The van der Waals surface area contributed by atoms with Gasteiger partial charge in [0.05, 0.1) is 5.92 Å². The molecule has 1 N–H and O–H groups in total. The van der Waals surface area contributed by atoms with Gasteiger partial charge in [-0.25, -0.2) is 4.39 Å². The van der Waals surface area contributed by atoms with Crippen molar-refractivity contribution in [3.05, 3.63) is 30.1 Å². The van der Waals surface area contributed by atoms with Crippen molar-refractivity contribution in [2.24, 2.45) is 5.92 Å². The van der Waals surface area contributed by atoms with E-state index in [-0.39, 0.29) is 29.7 Å². The summed E-state index contributed by atoms with van der Waals surface area (Å²) in [6.07, 6.45) is 0.165. The van der Waals surface area contributed by atoms with Crippen molar-refractivity contribution in [2.45, 2.75) is 32.7 Å². The number of rotatable bonds is 2. The molecule has 0 aliphatic carbocycles. The van der Waals surface area contributed by atoms with E-state index < -0.39 is 5.82 Å². The maximum atomic E-state index is 13.2. The average molecular weight is 278 g/mol. The molecule has 1 unspecified atom stereocenters. The Balaban J connectivity index is 2.09. The van der Waals surface area contributed by atoms with E-state index in [1.807, 2.05) is 20.8 Å². The van der Waals surface area contributed by atoms with Crippen LogP contribution in [0.4, 0.5) is 10.1 Å². The summed E-state index contributed by atoms with van der Waals surface area (Å²) in [4.78, 5) is 25.5. The van der Waals surface area contributed by atoms with Crippen LogP contribution in [0.1, 0.15) is 27.2 Å². The van der Waals surface area contributed by atoms with E-state index in [9.17, 15) is 14.0 Å². The number of anilines is 1. The van der Waals surface area contributed by atoms with Crippen LogP contribution >= 0.6 is 0 Å². The third-order valence-electron chi connectivity index (χ3n) is 3.11. The minimum Gasteiger partial charge on any atom is -0.351 e. The van der Waals surface area contributed by atoms with Crippen molar-refractivity contribution in [1.29, 1.82) is 0 Å². The van der Waals surface area contributed by atoms with Crippen LogP contribution in [-0.4, -0.2) is 23.9 Å². The highest BCUT2D eigenvalue weighted by Gasteiger charge is 2.36. The quantitative estimate of drug-likeness (QED) is 0.900. The zero-order valence-electron chi connectivity index (χ0n) is 11.9. The molecule has 0 bridgehead atoms. The molecule has 1 aromatic rings. The van der Waals surface area contributed by atoms with Crippen LogP contribution in [-0.2, 0) is 9.59 Å². The van der Waals surface area contributed by atoms with Gasteiger partial charge in [-0.1, -0.05) is 6.07 Å². The van der Waals surface area contributed by atoms with Gasteiger partial charge in [0.1, 0.15) is 5.82 Å². The van der Waals surface area contributed by atoms with E-state index in [1.165, 1.54) is 17.0 Å². The molecular formula is C15H19FN2O2. The standard InChI is InChI=1S/C15H19FN2O2/c1-15(2,3)17-14(20)10-7-13(19)18(9-10)12-6-4-5-11(16)8-12/h4-6,8,10H,7,9H2,1-3H3,(H,17,20). The average Bonchev–Trinajstić information content (AvgIpc) is 2.69. The zero-order valence-corrected chi connectivity index (χ0v) is 11.9. The number of benzene rings is 1. The molecule has 0 saturated carbocycles. The molecule has 5 heteroatoms. The van der Waals surface area contributed by atoms with Crippen molar-refractivity contribution in [3.63, 3.8) is 0 Å². The van der Waals surface area contributed by atoms with Crippen LogP contribution in [0.15, 0.2) is 24.3 Å². The minimum atomic E-state index is -0.391. The van der Waals surface area contributed by atoms with E-state index in [4.69, 9.17) is 0 Å². The van der Waals surface area contributed by atoms with Crippen LogP contribution in [0.25, 0.3) is 0 Å². The number of nitrogens with one attached hydrogen (secondary N) is 1. The number of carbonyl (C=O) groups excluding carboxylic acids is 2. The molecule has 1 aliphatic heterocycles. The first-order valence-corrected chi connectivity index (χ1v) is 6.64. The van der Waals surface area contributed by atoms with Gasteiger partial charge in [-0.2, -0.15) is 0 Å². The number of amides is 2. The Hall–Kier alpha value is -1.91. The third kappa shape index (κ3) is 3.35. The molecule has 4 nitrogen and oxygen atoms in total. The molecule has 1 fully saturated rings. The highest BCUT2D eigenvalue weighted by Crippen LogP contribution is 2.26. The molecule has 1 heterocycles. The van der Waals surface area contributed by atoms with E-state index in [2.05, 4.69) is 5.32 Å². The van der Waals surface area contributed by atoms with E-state index in [0.717, 1.165) is 0 Å². The molecule has 1 saturated heterocycles. The first kappa shape index (κ1) is 14.5. The molecular weight excluding hydrogens is 259 g/mol. The highest BCUT2D eigenvalue weighted by molar-refractivity contribution is 6.00. The Bertz CT molecular complexity index is 537. The predicted molar refractivity (Wildman–Crippen MR) is 74.8 cm³/mol. The van der Waals surface area contributed by atoms with Gasteiger partial charge in [0.2, 0.25) is 11.8 Å². The van der Waals surface area contributed by atoms with E-state index in [0.29, 0.717) is 12.2 Å². The van der Waals surface area contributed by atoms with Gasteiger partial charge < -0.3 is 10.2 Å². The SMILES string of the molecule is CC(C)(C)NC(=O)C1CC(=O)N(c2cccc(F)c2)C1. The summed E-state index contributed by atoms with van der Waals surface area (Å²) in [5.74, 6) is -1.06. The molecule has 0 radical (unpaired) electrons. The van der Waals surface area contributed by atoms with Gasteiger partial charge >= 0.3 is 0 Å². The zero-order chi connectivity index (χ0) is 14.9. The normalized spacial score (nSPS) is 19.3. The lowest BCUT2D eigenvalue weighted by Crippen LogP contribution is -2.44. The first-order valence-electron chi connectivity index (χ1n) is 6.64. The Morgan fingerprint density at radius 2 is 2.10 bits per heavy atom. The number of nitrogens with zero attached hydrogens (tertiary/aromatic N) is 1. The van der Waals surface area contributed by atoms with Crippen LogP contribution in [0.5, 0.6) is 0 Å². The smallest absolute Gasteiger partial charge is 0.227 e. The molecule has 2 amide bonds. The molecule has 20 heavy (non-hydrogen) atoms. The van der Waals surface area contributed by atoms with Crippen LogP contribution in [0.3, 0.4) is 0 Å². The monoisotopic (exact) mass is 278 g/mol. The lowest BCUT2D eigenvalue weighted by molar-refractivity contribution is -0.127. The molecule has 1 aliphatic rings. The van der Waals surface area contributed by atoms with Gasteiger partial charge in [0.15, 0.2) is 0 Å². The van der Waals surface area contributed by atoms with Crippen molar-refractivity contribution >= 4 is 17.5 Å². The molecule has 0 spiro atoms. The summed E-state index contributed by atoms with van der Waals surface area (Å²) in [5, 5.41) is 2.87. The van der Waals surface area contributed by atoms with Gasteiger partial charge in [-0.05, 0) is 39.0 Å². The second-order valence-corrected chi connectivity index (χ2v) is 6.12. The molecule has 2 rings (SSSR count). The van der Waals surface area contributed by atoms with Crippen LogP contribution in [0, 0.1) is 11.7 Å². The number of hydrogen-bond donors (Lipinski definition) is 1. The Morgan fingerprint density at radius 1 is 1.40 bits per heavy atom. The second kappa shape index (κ2) is 5.23. The summed E-state index contributed by atoms with van der Waals surface area (Å²) in [6, 6.07) is 5.86. The van der Waals surface area contributed by atoms with Crippen molar-refractivity contribution < 1.29 is 14.0 Å². The Kier molecular flexibility index (Phi) is 3.79. The first-order chi connectivity index (χ1) is 9.26. The van der Waals surface area contributed by atoms with Crippen molar-refractivity contribution in [2.75, 3.05) is 11.4 Å². The minimum absolute atomic E-state index is 0.134. The molecule has 108 valence electrons. The summed E-state index contributed by atoms with van der Waals surface area (Å²) >= 11 is 0. The van der Waals surface area contributed by atoms with Gasteiger partial charge in [-0.3, -0.25) is 9.59 Å². The largest absolute Gasteiger partial charge is 0.351 e. The summed E-state index contributed by atoms with van der Waals surface area (Å²) in [6.45, 7) is 5.98. The topological polar surface area (TPSA) is 49.4 Å². The summed E-state index contributed by atoms with van der Waals surface area (Å²) in [7, 11) is 0. The predicted octanol–water partition coefficient (Wildman–Crippen LogP) is 2.09. The van der Waals surface area contributed by atoms with E-state index >= 15 is 0 Å². The Labute approximate surface area is 118 Å². The summed E-state index contributed by atoms with van der Waals surface area (Å²) < 4.78 is 13.2. The fourth-order valence-electron chi connectivity index (χ4n) is 2.25. The molecule has 0 aromatic heterocycles. The third-order valence-corrected chi connectivity index (χ3v) is 3.11. The van der Waals surface area contributed by atoms with Crippen LogP contribution in [0.2, 0.25) is 0 Å². The van der Waals surface area contributed by atoms with Crippen molar-refractivity contribution in [3.8, 4) is 0 Å². The fourth-order valence-corrected chi connectivity index (χ4v) is 2.25. The fraction of sp³-hybridized carbons (Fsp3) is 0.467. The number of halogens is 1. The van der Waals surface area contributed by atoms with E-state index in [1.54, 1.807) is 12.1 Å². The lowest BCUT2D eigenvalue weighted by atomic mass is 10.0. The van der Waals surface area contributed by atoms with Gasteiger partial charge in [-0.15, -0.1) is 0 Å².